The van der Waals surface area contributed by atoms with Crippen molar-refractivity contribution >= 4 is 23.4 Å². The van der Waals surface area contributed by atoms with Crippen LogP contribution in [-0.4, -0.2) is 24.4 Å². The van der Waals surface area contributed by atoms with Crippen molar-refractivity contribution in [2.24, 2.45) is 0 Å². The normalized spacial score (nSPS) is 14.6. The first-order chi connectivity index (χ1) is 10.9. The highest BCUT2D eigenvalue weighted by atomic mass is 35.5. The highest BCUT2D eigenvalue weighted by Gasteiger charge is 2.29. The summed E-state index contributed by atoms with van der Waals surface area (Å²) in [7, 11) is 0. The third kappa shape index (κ3) is 3.85. The number of rotatable bonds is 6. The monoisotopic (exact) mass is 347 g/mol. The number of esters is 1. The second kappa shape index (κ2) is 7.04. The van der Waals surface area contributed by atoms with Gasteiger partial charge in [0.05, 0.1) is 12.2 Å². The molecule has 4 nitrogen and oxygen atoms in total. The van der Waals surface area contributed by atoms with E-state index in [-0.39, 0.29) is 12.6 Å². The summed E-state index contributed by atoms with van der Waals surface area (Å²) in [5.74, 6) is -6.66. The Morgan fingerprint density at radius 2 is 2.00 bits per heavy atom. The quantitative estimate of drug-likeness (QED) is 0.163. The van der Waals surface area contributed by atoms with Crippen molar-refractivity contribution in [3.05, 3.63) is 45.9 Å². The Morgan fingerprint density at radius 3 is 2.57 bits per heavy atom. The Kier molecular flexibility index (Phi) is 5.30. The van der Waals surface area contributed by atoms with Crippen molar-refractivity contribution in [1.82, 2.24) is 5.32 Å². The molecule has 0 spiro atoms. The fourth-order valence-corrected chi connectivity index (χ4v) is 1.95. The van der Waals surface area contributed by atoms with Gasteiger partial charge in [0.1, 0.15) is 10.6 Å². The molecule has 0 aliphatic heterocycles. The van der Waals surface area contributed by atoms with Crippen LogP contribution in [0.5, 0.6) is 0 Å². The van der Waals surface area contributed by atoms with Crippen LogP contribution >= 0.6 is 11.6 Å². The maximum absolute atomic E-state index is 14.0. The molecule has 0 atom stereocenters. The molecule has 2 rings (SSSR count). The average Bonchev–Trinajstić information content (AvgIpc) is 3.33. The van der Waals surface area contributed by atoms with Crippen LogP contribution in [-0.2, 0) is 9.53 Å². The predicted molar refractivity (Wildman–Crippen MR) is 76.5 cm³/mol. The Bertz CT molecular complexity index is 687. The maximum Gasteiger partial charge on any atom is 0.343 e. The van der Waals surface area contributed by atoms with Crippen LogP contribution in [0.1, 0.15) is 30.1 Å². The van der Waals surface area contributed by atoms with Gasteiger partial charge in [-0.1, -0.05) is 11.6 Å². The van der Waals surface area contributed by atoms with Crippen molar-refractivity contribution in [3.63, 3.8) is 0 Å². The van der Waals surface area contributed by atoms with E-state index in [1.807, 2.05) is 0 Å². The lowest BCUT2D eigenvalue weighted by molar-refractivity contribution is -0.138. The lowest BCUT2D eigenvalue weighted by atomic mass is 10.0. The first kappa shape index (κ1) is 17.3. The van der Waals surface area contributed by atoms with Crippen LogP contribution < -0.4 is 5.32 Å². The van der Waals surface area contributed by atoms with Gasteiger partial charge < -0.3 is 10.1 Å². The Labute approximate surface area is 135 Å². The highest BCUT2D eigenvalue weighted by Crippen LogP contribution is 2.27. The molecule has 1 aliphatic carbocycles. The van der Waals surface area contributed by atoms with Crippen LogP contribution in [0.25, 0.3) is 0 Å². The topological polar surface area (TPSA) is 55.4 Å². The molecule has 1 aliphatic rings. The third-order valence-electron chi connectivity index (χ3n) is 3.13. The van der Waals surface area contributed by atoms with Crippen LogP contribution in [0.15, 0.2) is 17.8 Å². The van der Waals surface area contributed by atoms with Gasteiger partial charge in [-0.3, -0.25) is 4.79 Å². The summed E-state index contributed by atoms with van der Waals surface area (Å²) in [4.78, 5) is 24.2. The number of hydrogen-bond donors (Lipinski definition) is 1. The fourth-order valence-electron chi connectivity index (χ4n) is 1.76. The van der Waals surface area contributed by atoms with Gasteiger partial charge in [-0.05, 0) is 25.8 Å². The van der Waals surface area contributed by atoms with E-state index in [9.17, 15) is 22.8 Å². The molecule has 0 amide bonds. The number of carbonyl (C=O) groups excluding carboxylic acids is 2. The average molecular weight is 348 g/mol. The number of nitrogens with one attached hydrogen (secondary N) is 1. The highest BCUT2D eigenvalue weighted by molar-refractivity contribution is 6.32. The lowest BCUT2D eigenvalue weighted by Crippen LogP contribution is -2.21. The Balaban J connectivity index is 2.40. The van der Waals surface area contributed by atoms with Gasteiger partial charge in [-0.25, -0.2) is 18.0 Å². The molecule has 1 saturated carbocycles. The van der Waals surface area contributed by atoms with Crippen LogP contribution in [0.2, 0.25) is 5.02 Å². The van der Waals surface area contributed by atoms with Gasteiger partial charge in [0, 0.05) is 12.2 Å². The molecule has 23 heavy (non-hydrogen) atoms. The van der Waals surface area contributed by atoms with Gasteiger partial charge in [0.25, 0.3) is 0 Å². The summed E-state index contributed by atoms with van der Waals surface area (Å²) in [6.07, 6.45) is 2.84. The molecule has 0 saturated heterocycles. The summed E-state index contributed by atoms with van der Waals surface area (Å²) in [5, 5.41) is 1.65. The summed E-state index contributed by atoms with van der Waals surface area (Å²) in [5.41, 5.74) is -1.36. The maximum atomic E-state index is 14.0. The molecule has 0 radical (unpaired) electrons. The minimum Gasteiger partial charge on any atom is -0.462 e. The molecule has 8 heteroatoms. The van der Waals surface area contributed by atoms with Crippen molar-refractivity contribution in [2.75, 3.05) is 6.61 Å². The van der Waals surface area contributed by atoms with Crippen LogP contribution in [0, 0.1) is 17.5 Å². The zero-order chi connectivity index (χ0) is 17.1. The number of halogens is 4. The second-order valence-corrected chi connectivity index (χ2v) is 5.27. The molecular formula is C15H13ClF3NO3. The molecule has 124 valence electrons. The molecule has 1 aromatic rings. The summed E-state index contributed by atoms with van der Waals surface area (Å²) in [6, 6.07) is 0.480. The van der Waals surface area contributed by atoms with Crippen LogP contribution in [0.4, 0.5) is 13.2 Å². The van der Waals surface area contributed by atoms with E-state index in [0.29, 0.717) is 6.07 Å². The third-order valence-corrected chi connectivity index (χ3v) is 3.46. The van der Waals surface area contributed by atoms with E-state index in [4.69, 9.17) is 16.3 Å². The second-order valence-electron chi connectivity index (χ2n) is 4.90. The lowest BCUT2D eigenvalue weighted by Gasteiger charge is -2.09. The van der Waals surface area contributed by atoms with E-state index < -0.39 is 45.4 Å². The Hall–Kier alpha value is -2.02. The Morgan fingerprint density at radius 1 is 1.35 bits per heavy atom. The number of benzene rings is 1. The smallest absolute Gasteiger partial charge is 0.343 e. The standard InChI is InChI=1S/C15H13ClF3NO3/c1-2-23-15(22)9(6-20-7-3-4-7)14(21)8-5-10(17)13(19)11(16)12(8)18/h5-7,20H,2-4H2,1H3. The predicted octanol–water partition coefficient (Wildman–Crippen LogP) is 3.14. The van der Waals surface area contributed by atoms with Crippen molar-refractivity contribution in [3.8, 4) is 0 Å². The number of carbonyl (C=O) groups is 2. The van der Waals surface area contributed by atoms with E-state index in [0.717, 1.165) is 19.0 Å². The molecule has 0 heterocycles. The summed E-state index contributed by atoms with van der Waals surface area (Å²) in [6.45, 7) is 1.53. The molecule has 1 N–H and O–H groups in total. The van der Waals surface area contributed by atoms with Crippen molar-refractivity contribution in [1.29, 1.82) is 0 Å². The van der Waals surface area contributed by atoms with E-state index in [1.165, 1.54) is 6.92 Å². The van der Waals surface area contributed by atoms with Gasteiger partial charge in [0.15, 0.2) is 17.5 Å². The van der Waals surface area contributed by atoms with Crippen molar-refractivity contribution in [2.45, 2.75) is 25.8 Å². The zero-order valence-corrected chi connectivity index (χ0v) is 12.8. The van der Waals surface area contributed by atoms with Gasteiger partial charge >= 0.3 is 5.97 Å². The van der Waals surface area contributed by atoms with Gasteiger partial charge in [-0.2, -0.15) is 0 Å². The van der Waals surface area contributed by atoms with Gasteiger partial charge in [0.2, 0.25) is 5.78 Å². The SMILES string of the molecule is CCOC(=O)C(=CNC1CC1)C(=O)c1cc(F)c(F)c(Cl)c1F. The fraction of sp³-hybridized carbons (Fsp3) is 0.333. The molecule has 0 unspecified atom stereocenters. The van der Waals surface area contributed by atoms with Crippen LogP contribution in [0.3, 0.4) is 0 Å². The number of ketones is 1. The van der Waals surface area contributed by atoms with E-state index in [1.54, 1.807) is 0 Å². The number of hydrogen-bond acceptors (Lipinski definition) is 4. The zero-order valence-electron chi connectivity index (χ0n) is 12.1. The summed E-state index contributed by atoms with van der Waals surface area (Å²) < 4.78 is 45.3. The van der Waals surface area contributed by atoms with E-state index in [2.05, 4.69) is 5.32 Å². The molecule has 1 fully saturated rings. The molecule has 1 aromatic carbocycles. The van der Waals surface area contributed by atoms with E-state index >= 15 is 0 Å². The molecular weight excluding hydrogens is 335 g/mol. The first-order valence-electron chi connectivity index (χ1n) is 6.87. The minimum atomic E-state index is -1.60. The largest absolute Gasteiger partial charge is 0.462 e. The molecule has 0 bridgehead atoms. The minimum absolute atomic E-state index is 0.00605. The van der Waals surface area contributed by atoms with Crippen molar-refractivity contribution < 1.29 is 27.5 Å². The molecule has 0 aromatic heterocycles. The van der Waals surface area contributed by atoms with Gasteiger partial charge in [-0.15, -0.1) is 0 Å². The summed E-state index contributed by atoms with van der Waals surface area (Å²) >= 11 is 5.32. The number of ether oxygens (including phenoxy) is 1. The first-order valence-corrected chi connectivity index (χ1v) is 7.25. The number of Topliss-reactive ketones (excluding diaryl/α,β-unsaturated/α-hetero) is 1.